The molecule has 11 heteroatoms. The number of thiophene rings is 1. The molecule has 3 aromatic rings. The third-order valence-electron chi connectivity index (χ3n) is 5.28. The van der Waals surface area contributed by atoms with E-state index in [1.54, 1.807) is 18.4 Å². The number of aryl methyl sites for hydroxylation is 2. The van der Waals surface area contributed by atoms with Crippen molar-refractivity contribution in [3.8, 4) is 0 Å². The van der Waals surface area contributed by atoms with Crippen molar-refractivity contribution in [1.82, 2.24) is 18.7 Å². The lowest BCUT2D eigenvalue weighted by Gasteiger charge is -2.12. The minimum absolute atomic E-state index is 0.0136. The van der Waals surface area contributed by atoms with Gasteiger partial charge in [-0.2, -0.15) is 0 Å². The van der Waals surface area contributed by atoms with Gasteiger partial charge in [0.2, 0.25) is 5.91 Å². The standard InChI is InChI=1S/C19H21N5O4S2/c1-22-12(8-14(26)23(2)19(22)28)20-13(25)9-29-18-21-16-15(17(27)24(18)3)10-6-4-5-7-11(10)30-16/h8H,4-7,9H2,1-3H3,(H,20,25). The summed E-state index contributed by atoms with van der Waals surface area (Å²) < 4.78 is 3.63. The number of aromatic nitrogens is 4. The Bertz CT molecular complexity index is 1350. The van der Waals surface area contributed by atoms with Crippen molar-refractivity contribution in [3.63, 3.8) is 0 Å². The van der Waals surface area contributed by atoms with Gasteiger partial charge in [0.05, 0.1) is 11.1 Å². The lowest BCUT2D eigenvalue weighted by atomic mass is 9.97. The molecule has 1 aliphatic rings. The third kappa shape index (κ3) is 3.52. The fraction of sp³-hybridized carbons (Fsp3) is 0.421. The van der Waals surface area contributed by atoms with Crippen LogP contribution in [0.15, 0.2) is 25.6 Å². The molecule has 0 fully saturated rings. The number of nitrogens with zero attached hydrogens (tertiary/aromatic N) is 4. The summed E-state index contributed by atoms with van der Waals surface area (Å²) in [6.45, 7) is 0. The number of fused-ring (bicyclic) bond motifs is 3. The van der Waals surface area contributed by atoms with E-state index in [1.165, 1.54) is 34.2 Å². The zero-order valence-corrected chi connectivity index (χ0v) is 18.5. The summed E-state index contributed by atoms with van der Waals surface area (Å²) in [7, 11) is 4.51. The molecule has 0 unspecified atom stereocenters. The van der Waals surface area contributed by atoms with Crippen LogP contribution in [0.25, 0.3) is 10.2 Å². The molecule has 0 aliphatic heterocycles. The summed E-state index contributed by atoms with van der Waals surface area (Å²) in [6, 6.07) is 1.19. The normalized spacial score (nSPS) is 13.4. The van der Waals surface area contributed by atoms with Crippen LogP contribution in [0.2, 0.25) is 0 Å². The molecule has 1 aliphatic carbocycles. The molecule has 1 amide bonds. The van der Waals surface area contributed by atoms with Gasteiger partial charge in [-0.15, -0.1) is 11.3 Å². The number of carbonyl (C=O) groups is 1. The molecule has 4 rings (SSSR count). The highest BCUT2D eigenvalue weighted by atomic mass is 32.2. The molecule has 0 radical (unpaired) electrons. The van der Waals surface area contributed by atoms with Gasteiger partial charge in [-0.3, -0.25) is 28.1 Å². The molecule has 3 aromatic heterocycles. The second-order valence-corrected chi connectivity index (χ2v) is 9.28. The minimum Gasteiger partial charge on any atom is -0.311 e. The number of hydrogen-bond acceptors (Lipinski definition) is 7. The van der Waals surface area contributed by atoms with Crippen LogP contribution >= 0.6 is 23.1 Å². The van der Waals surface area contributed by atoms with Gasteiger partial charge in [0, 0.05) is 32.1 Å². The van der Waals surface area contributed by atoms with Crippen LogP contribution in [-0.4, -0.2) is 30.3 Å². The topological polar surface area (TPSA) is 108 Å². The summed E-state index contributed by atoms with van der Waals surface area (Å²) in [5.74, 6) is -0.291. The van der Waals surface area contributed by atoms with E-state index in [4.69, 9.17) is 0 Å². The van der Waals surface area contributed by atoms with E-state index in [9.17, 15) is 19.2 Å². The fourth-order valence-corrected chi connectivity index (χ4v) is 5.63. The van der Waals surface area contributed by atoms with Crippen molar-refractivity contribution in [3.05, 3.63) is 47.7 Å². The molecule has 30 heavy (non-hydrogen) atoms. The lowest BCUT2D eigenvalue weighted by molar-refractivity contribution is -0.113. The first-order valence-electron chi connectivity index (χ1n) is 9.49. The number of rotatable bonds is 4. The zero-order chi connectivity index (χ0) is 21.6. The van der Waals surface area contributed by atoms with E-state index in [-0.39, 0.29) is 17.1 Å². The summed E-state index contributed by atoms with van der Waals surface area (Å²) >= 11 is 2.71. The molecule has 0 spiro atoms. The number of hydrogen-bond donors (Lipinski definition) is 1. The molecule has 0 bridgehead atoms. The van der Waals surface area contributed by atoms with Gasteiger partial charge in [-0.25, -0.2) is 9.78 Å². The molecule has 1 N–H and O–H groups in total. The summed E-state index contributed by atoms with van der Waals surface area (Å²) in [6.07, 6.45) is 4.12. The van der Waals surface area contributed by atoms with Crippen LogP contribution in [0.5, 0.6) is 0 Å². The van der Waals surface area contributed by atoms with Gasteiger partial charge in [0.25, 0.3) is 11.1 Å². The highest BCUT2D eigenvalue weighted by molar-refractivity contribution is 7.99. The van der Waals surface area contributed by atoms with E-state index >= 15 is 0 Å². The molecule has 158 valence electrons. The van der Waals surface area contributed by atoms with Gasteiger partial charge < -0.3 is 5.32 Å². The van der Waals surface area contributed by atoms with Crippen molar-refractivity contribution >= 4 is 45.0 Å². The maximum absolute atomic E-state index is 12.9. The van der Waals surface area contributed by atoms with Crippen molar-refractivity contribution in [2.45, 2.75) is 30.8 Å². The first-order chi connectivity index (χ1) is 14.3. The molecular formula is C19H21N5O4S2. The molecule has 0 aromatic carbocycles. The van der Waals surface area contributed by atoms with E-state index in [0.717, 1.165) is 52.4 Å². The molecule has 0 saturated carbocycles. The van der Waals surface area contributed by atoms with Crippen molar-refractivity contribution in [1.29, 1.82) is 0 Å². The van der Waals surface area contributed by atoms with Gasteiger partial charge in [0.1, 0.15) is 10.6 Å². The second-order valence-electron chi connectivity index (χ2n) is 7.25. The number of anilines is 1. The molecule has 9 nitrogen and oxygen atoms in total. The van der Waals surface area contributed by atoms with Gasteiger partial charge >= 0.3 is 5.69 Å². The largest absolute Gasteiger partial charge is 0.332 e. The Morgan fingerprint density at radius 3 is 2.63 bits per heavy atom. The van der Waals surface area contributed by atoms with Gasteiger partial charge in [0.15, 0.2) is 5.16 Å². The van der Waals surface area contributed by atoms with E-state index in [1.807, 2.05) is 0 Å². The average molecular weight is 448 g/mol. The fourth-order valence-electron chi connectivity index (χ4n) is 3.56. The summed E-state index contributed by atoms with van der Waals surface area (Å²) in [5.41, 5.74) is 0.0188. The average Bonchev–Trinajstić information content (AvgIpc) is 3.10. The van der Waals surface area contributed by atoms with Gasteiger partial charge in [-0.1, -0.05) is 11.8 Å². The molecule has 0 atom stereocenters. The first kappa shape index (κ1) is 20.6. The molecular weight excluding hydrogens is 426 g/mol. The van der Waals surface area contributed by atoms with Crippen LogP contribution in [0.1, 0.15) is 23.3 Å². The Labute approximate surface area is 179 Å². The number of thioether (sulfide) groups is 1. The maximum atomic E-state index is 12.9. The number of carbonyl (C=O) groups excluding carboxylic acids is 1. The molecule has 0 saturated heterocycles. The lowest BCUT2D eigenvalue weighted by Crippen LogP contribution is -2.38. The summed E-state index contributed by atoms with van der Waals surface area (Å²) in [5, 5.41) is 3.74. The van der Waals surface area contributed by atoms with E-state index < -0.39 is 17.2 Å². The van der Waals surface area contributed by atoms with Crippen LogP contribution in [0.3, 0.4) is 0 Å². The smallest absolute Gasteiger partial charge is 0.311 e. The number of amides is 1. The monoisotopic (exact) mass is 447 g/mol. The predicted octanol–water partition coefficient (Wildman–Crippen LogP) is 1.00. The van der Waals surface area contributed by atoms with Crippen molar-refractivity contribution in [2.75, 3.05) is 11.1 Å². The second kappa shape index (κ2) is 7.88. The highest BCUT2D eigenvalue weighted by Crippen LogP contribution is 2.34. The van der Waals surface area contributed by atoms with Crippen LogP contribution < -0.4 is 22.1 Å². The number of nitrogens with one attached hydrogen (secondary N) is 1. The minimum atomic E-state index is -0.526. The maximum Gasteiger partial charge on any atom is 0.332 e. The van der Waals surface area contributed by atoms with Crippen molar-refractivity contribution in [2.24, 2.45) is 21.1 Å². The van der Waals surface area contributed by atoms with Crippen LogP contribution in [0.4, 0.5) is 5.82 Å². The Hall–Kier alpha value is -2.66. The van der Waals surface area contributed by atoms with Crippen LogP contribution in [0, 0.1) is 0 Å². The Morgan fingerprint density at radius 1 is 1.13 bits per heavy atom. The quantitative estimate of drug-likeness (QED) is 0.472. The van der Waals surface area contributed by atoms with E-state index in [2.05, 4.69) is 10.3 Å². The SMILES string of the molecule is Cn1c(SCC(=O)Nc2cc(=O)n(C)c(=O)n2C)nc2sc3c(c2c1=O)CCCC3. The molecule has 3 heterocycles. The first-order valence-corrected chi connectivity index (χ1v) is 11.3. The zero-order valence-electron chi connectivity index (χ0n) is 16.9. The van der Waals surface area contributed by atoms with Crippen molar-refractivity contribution < 1.29 is 4.79 Å². The third-order valence-corrected chi connectivity index (χ3v) is 7.50. The van der Waals surface area contributed by atoms with Crippen LogP contribution in [-0.2, 0) is 38.8 Å². The Kier molecular flexibility index (Phi) is 5.41. The predicted molar refractivity (Wildman–Crippen MR) is 118 cm³/mol. The van der Waals surface area contributed by atoms with E-state index in [0.29, 0.717) is 10.5 Å². The van der Waals surface area contributed by atoms with Gasteiger partial charge in [-0.05, 0) is 31.2 Å². The Balaban J connectivity index is 1.56. The highest BCUT2D eigenvalue weighted by Gasteiger charge is 2.21. The Morgan fingerprint density at radius 2 is 1.87 bits per heavy atom. The summed E-state index contributed by atoms with van der Waals surface area (Å²) in [4.78, 5) is 55.7.